The van der Waals surface area contributed by atoms with Gasteiger partial charge in [0.05, 0.1) is 11.6 Å². The van der Waals surface area contributed by atoms with Gasteiger partial charge in [0.25, 0.3) is 0 Å². The molecule has 10 nitrogen and oxygen atoms in total. The number of hydrogen-bond acceptors (Lipinski definition) is 8. The molecular formula is C41H49FN4O6. The van der Waals surface area contributed by atoms with Crippen molar-refractivity contribution in [3.05, 3.63) is 141 Å². The Morgan fingerprint density at radius 2 is 1.60 bits per heavy atom. The summed E-state index contributed by atoms with van der Waals surface area (Å²) in [6, 6.07) is 28.4. The van der Waals surface area contributed by atoms with Crippen molar-refractivity contribution < 1.29 is 29.0 Å². The number of halogens is 1. The summed E-state index contributed by atoms with van der Waals surface area (Å²) >= 11 is 0. The number of amides is 1. The van der Waals surface area contributed by atoms with Crippen LogP contribution in [0.4, 0.5) is 4.48 Å². The van der Waals surface area contributed by atoms with Crippen LogP contribution in [0.1, 0.15) is 71.4 Å². The summed E-state index contributed by atoms with van der Waals surface area (Å²) in [7, 11) is 4.11. The van der Waals surface area contributed by atoms with Gasteiger partial charge in [-0.2, -0.15) is 5.12 Å². The van der Waals surface area contributed by atoms with Gasteiger partial charge in [-0.1, -0.05) is 91.1 Å². The van der Waals surface area contributed by atoms with E-state index in [0.29, 0.717) is 52.1 Å². The Labute approximate surface area is 304 Å². The fourth-order valence-electron chi connectivity index (χ4n) is 5.38. The number of H-pyrrole nitrogens is 1. The van der Waals surface area contributed by atoms with E-state index in [1.165, 1.54) is 12.1 Å². The van der Waals surface area contributed by atoms with Crippen molar-refractivity contribution in [3.8, 4) is 11.5 Å². The molecule has 5 rings (SSSR count). The second kappa shape index (κ2) is 21.8. The van der Waals surface area contributed by atoms with Gasteiger partial charge in [-0.25, -0.2) is 0 Å². The number of pyridine rings is 1. The molecule has 0 bridgehead atoms. The van der Waals surface area contributed by atoms with Crippen LogP contribution in [0.15, 0.2) is 108 Å². The lowest BCUT2D eigenvalue weighted by Crippen LogP contribution is -2.23. The molecule has 0 fully saturated rings. The van der Waals surface area contributed by atoms with Crippen LogP contribution in [0.5, 0.6) is 11.5 Å². The number of fused-ring (bicyclic) bond motifs is 1. The number of hydrogen-bond donors (Lipinski definition) is 4. The Kier molecular flexibility index (Phi) is 17.2. The summed E-state index contributed by atoms with van der Waals surface area (Å²) in [5.41, 5.74) is 3.54. The van der Waals surface area contributed by atoms with Gasteiger partial charge in [-0.05, 0) is 86.5 Å². The number of nitrogens with one attached hydrogen (secondary N) is 2. The summed E-state index contributed by atoms with van der Waals surface area (Å²) in [5, 5.41) is 24.3. The van der Waals surface area contributed by atoms with E-state index in [9.17, 15) is 29.1 Å². The predicted octanol–water partition coefficient (Wildman–Crippen LogP) is 6.74. The normalized spacial score (nSPS) is 11.8. The first-order valence-corrected chi connectivity index (χ1v) is 17.3. The molecule has 0 radical (unpaired) electrons. The maximum Gasteiger partial charge on any atom is 0.248 e. The van der Waals surface area contributed by atoms with E-state index in [1.54, 1.807) is 72.8 Å². The van der Waals surface area contributed by atoms with Gasteiger partial charge < -0.3 is 30.2 Å². The van der Waals surface area contributed by atoms with E-state index in [1.807, 2.05) is 32.0 Å². The van der Waals surface area contributed by atoms with E-state index in [4.69, 9.17) is 4.74 Å². The second-order valence-electron chi connectivity index (χ2n) is 12.0. The number of phenols is 1. The molecule has 0 aliphatic heterocycles. The minimum absolute atomic E-state index is 0.00490. The Morgan fingerprint density at radius 1 is 0.885 bits per heavy atom. The topological polar surface area (TPSA) is 135 Å². The zero-order valence-corrected chi connectivity index (χ0v) is 30.2. The van der Waals surface area contributed by atoms with E-state index >= 15 is 0 Å². The summed E-state index contributed by atoms with van der Waals surface area (Å²) in [4.78, 5) is 37.9. The third kappa shape index (κ3) is 12.4. The van der Waals surface area contributed by atoms with Crippen LogP contribution >= 0.6 is 0 Å². The van der Waals surface area contributed by atoms with Crippen molar-refractivity contribution in [2.45, 2.75) is 45.4 Å². The number of nitrogens with zero attached hydrogens (tertiary/aromatic N) is 2. The summed E-state index contributed by atoms with van der Waals surface area (Å²) in [5.74, 6) is 0.567. The molecule has 0 spiro atoms. The van der Waals surface area contributed by atoms with Crippen molar-refractivity contribution in [3.63, 3.8) is 0 Å². The average molecular weight is 713 g/mol. The van der Waals surface area contributed by atoms with E-state index in [-0.39, 0.29) is 22.8 Å². The Bertz CT molecular complexity index is 1870. The van der Waals surface area contributed by atoms with Crippen LogP contribution in [0, 0.1) is 0 Å². The van der Waals surface area contributed by atoms with Crippen molar-refractivity contribution >= 4 is 23.6 Å². The summed E-state index contributed by atoms with van der Waals surface area (Å²) in [6.07, 6.45) is 2.42. The fraction of sp³-hybridized carbons (Fsp3) is 0.293. The van der Waals surface area contributed by atoms with Crippen molar-refractivity contribution in [1.29, 1.82) is 0 Å². The van der Waals surface area contributed by atoms with Crippen LogP contribution in [-0.4, -0.2) is 71.6 Å². The molecule has 4 aromatic carbocycles. The molecular weight excluding hydrogens is 663 g/mol. The first-order valence-electron chi connectivity index (χ1n) is 17.3. The minimum Gasteiger partial charge on any atom is -0.506 e. The molecule has 4 N–H and O–H groups in total. The zero-order valence-electron chi connectivity index (χ0n) is 30.2. The Balaban J connectivity index is 0.000000271. The highest BCUT2D eigenvalue weighted by Crippen LogP contribution is 2.31. The number of aromatic nitrogens is 1. The molecule has 276 valence electrons. The number of aliphatic hydroxyl groups excluding tert-OH is 1. The SMILES string of the molecule is CC.CN(C)CCCCNCC(O)c1ccc(O)c2[nH]c(=O)ccc12.O=Cc1ccc(COc2cccc(C(c3ccccc3)N(F)C=O)c2)cc1. The number of aliphatic hydroxyl groups is 1. The quantitative estimate of drug-likeness (QED) is 0.0503. The molecule has 0 saturated heterocycles. The van der Waals surface area contributed by atoms with Crippen molar-refractivity contribution in [2.75, 3.05) is 33.7 Å². The average Bonchev–Trinajstić information content (AvgIpc) is 3.17. The number of carbonyl (C=O) groups excluding carboxylic acids is 2. The maximum atomic E-state index is 14.2. The molecule has 2 atom stereocenters. The van der Waals surface area contributed by atoms with Gasteiger partial charge in [0, 0.05) is 23.6 Å². The van der Waals surface area contributed by atoms with Crippen molar-refractivity contribution in [2.24, 2.45) is 0 Å². The number of phenolic OH excluding ortho intramolecular Hbond substituents is 1. The molecule has 11 heteroatoms. The van der Waals surface area contributed by atoms with Crippen LogP contribution in [-0.2, 0) is 11.4 Å². The Morgan fingerprint density at radius 3 is 2.27 bits per heavy atom. The lowest BCUT2D eigenvalue weighted by molar-refractivity contribution is -0.135. The largest absolute Gasteiger partial charge is 0.506 e. The van der Waals surface area contributed by atoms with Gasteiger partial charge >= 0.3 is 0 Å². The molecule has 2 unspecified atom stereocenters. The second-order valence-corrected chi connectivity index (χ2v) is 12.0. The van der Waals surface area contributed by atoms with Gasteiger partial charge in [-0.15, -0.1) is 0 Å². The molecule has 0 saturated carbocycles. The van der Waals surface area contributed by atoms with E-state index in [2.05, 4.69) is 29.3 Å². The number of rotatable bonds is 16. The molecule has 0 aliphatic carbocycles. The summed E-state index contributed by atoms with van der Waals surface area (Å²) in [6.45, 7) is 6.64. The van der Waals surface area contributed by atoms with Gasteiger partial charge in [0.15, 0.2) is 0 Å². The highest BCUT2D eigenvalue weighted by atomic mass is 19.2. The van der Waals surface area contributed by atoms with Gasteiger partial charge in [0.2, 0.25) is 12.0 Å². The molecule has 1 aromatic heterocycles. The maximum absolute atomic E-state index is 14.2. The fourth-order valence-corrected chi connectivity index (χ4v) is 5.38. The molecule has 1 heterocycles. The molecule has 0 aliphatic rings. The van der Waals surface area contributed by atoms with E-state index in [0.717, 1.165) is 37.8 Å². The predicted molar refractivity (Wildman–Crippen MR) is 203 cm³/mol. The highest BCUT2D eigenvalue weighted by molar-refractivity contribution is 5.87. The number of benzene rings is 4. The van der Waals surface area contributed by atoms with Crippen LogP contribution < -0.4 is 15.6 Å². The van der Waals surface area contributed by atoms with Crippen molar-refractivity contribution in [1.82, 2.24) is 20.3 Å². The number of carbonyl (C=O) groups is 2. The zero-order chi connectivity index (χ0) is 37.9. The molecule has 1 amide bonds. The number of aromatic amines is 1. The first kappa shape index (κ1) is 41.1. The third-order valence-electron chi connectivity index (χ3n) is 7.97. The lowest BCUT2D eigenvalue weighted by Gasteiger charge is -2.21. The van der Waals surface area contributed by atoms with Gasteiger partial charge in [-0.3, -0.25) is 14.4 Å². The van der Waals surface area contributed by atoms with Crippen LogP contribution in [0.2, 0.25) is 0 Å². The summed E-state index contributed by atoms with van der Waals surface area (Å²) < 4.78 is 20.0. The standard InChI is InChI=1S/C22H18FNO3.C17H25N3O3.C2H6/c23-24(16-26)22(19-5-2-1-3-6-19)20-7-4-8-21(13-20)27-15-18-11-9-17(14-25)10-12-18;1-20(2)10-4-3-9-18-11-15(22)12-5-7-14(21)17-13(12)6-8-16(23)19-17;1-2/h1-14,16,22H,15H2;5-8,15,18,21-22H,3-4,9-11H2,1-2H3,(H,19,23);1-2H3. The third-order valence-corrected chi connectivity index (χ3v) is 7.97. The number of aldehydes is 1. The Hall–Kier alpha value is -5.36. The van der Waals surface area contributed by atoms with E-state index < -0.39 is 12.1 Å². The van der Waals surface area contributed by atoms with Crippen LogP contribution in [0.25, 0.3) is 10.9 Å². The monoisotopic (exact) mass is 712 g/mol. The minimum atomic E-state index is -0.848. The number of unbranched alkanes of at least 4 members (excludes halogenated alkanes) is 1. The molecule has 52 heavy (non-hydrogen) atoms. The number of ether oxygens (including phenoxy) is 1. The smallest absolute Gasteiger partial charge is 0.248 e. The first-order chi connectivity index (χ1) is 25.2. The molecule has 5 aromatic rings. The lowest BCUT2D eigenvalue weighted by atomic mass is 9.98. The highest BCUT2D eigenvalue weighted by Gasteiger charge is 2.22. The van der Waals surface area contributed by atoms with Gasteiger partial charge in [0.1, 0.15) is 30.4 Å². The van der Waals surface area contributed by atoms with Crippen LogP contribution in [0.3, 0.4) is 0 Å². The number of aromatic hydroxyl groups is 1.